The predicted molar refractivity (Wildman–Crippen MR) is 123 cm³/mol. The summed E-state index contributed by atoms with van der Waals surface area (Å²) in [7, 11) is 1.58. The van der Waals surface area contributed by atoms with E-state index in [1.54, 1.807) is 13.2 Å². The van der Waals surface area contributed by atoms with E-state index < -0.39 is 5.97 Å². The summed E-state index contributed by atoms with van der Waals surface area (Å²) in [4.78, 5) is 16.8. The Kier molecular flexibility index (Phi) is 6.18. The lowest BCUT2D eigenvalue weighted by molar-refractivity contribution is -0.129. The number of halogens is 1. The Labute approximate surface area is 189 Å². The van der Waals surface area contributed by atoms with Crippen LogP contribution in [0.1, 0.15) is 22.3 Å². The molecule has 0 atom stereocenters. The first-order valence-corrected chi connectivity index (χ1v) is 10.5. The molecule has 0 bridgehead atoms. The molecule has 0 amide bonds. The van der Waals surface area contributed by atoms with Crippen LogP contribution in [0.4, 0.5) is 0 Å². The number of hydrogen-bond donors (Lipinski definition) is 0. The van der Waals surface area contributed by atoms with Crippen molar-refractivity contribution in [2.75, 3.05) is 7.11 Å². The molecule has 1 aliphatic rings. The molecular formula is C25H20BrNO4. The van der Waals surface area contributed by atoms with Crippen LogP contribution in [0.25, 0.3) is 6.08 Å². The molecule has 1 aliphatic heterocycles. The van der Waals surface area contributed by atoms with Gasteiger partial charge in [0, 0.05) is 15.6 Å². The van der Waals surface area contributed by atoms with E-state index in [2.05, 4.69) is 27.0 Å². The van der Waals surface area contributed by atoms with Gasteiger partial charge in [0.25, 0.3) is 0 Å². The van der Waals surface area contributed by atoms with Gasteiger partial charge in [-0.15, -0.1) is 0 Å². The van der Waals surface area contributed by atoms with Crippen molar-refractivity contribution in [1.82, 2.24) is 0 Å². The van der Waals surface area contributed by atoms with Gasteiger partial charge in [-0.2, -0.15) is 0 Å². The van der Waals surface area contributed by atoms with Crippen molar-refractivity contribution in [3.63, 3.8) is 0 Å². The Morgan fingerprint density at radius 1 is 1.06 bits per heavy atom. The number of methoxy groups -OCH3 is 1. The van der Waals surface area contributed by atoms with Crippen molar-refractivity contribution in [3.8, 4) is 11.5 Å². The maximum Gasteiger partial charge on any atom is 0.363 e. The lowest BCUT2D eigenvalue weighted by atomic mass is 10.1. The van der Waals surface area contributed by atoms with Gasteiger partial charge >= 0.3 is 5.97 Å². The second-order valence-corrected chi connectivity index (χ2v) is 7.91. The molecule has 156 valence electrons. The molecule has 0 spiro atoms. The molecule has 3 aromatic rings. The van der Waals surface area contributed by atoms with Crippen LogP contribution in [0.3, 0.4) is 0 Å². The second-order valence-electron chi connectivity index (χ2n) is 7.00. The van der Waals surface area contributed by atoms with Gasteiger partial charge < -0.3 is 14.2 Å². The topological polar surface area (TPSA) is 57.1 Å². The van der Waals surface area contributed by atoms with E-state index in [0.717, 1.165) is 21.2 Å². The Bertz CT molecular complexity index is 1180. The zero-order chi connectivity index (χ0) is 21.8. The van der Waals surface area contributed by atoms with E-state index in [9.17, 15) is 4.79 Å². The third-order valence-electron chi connectivity index (χ3n) is 4.70. The van der Waals surface area contributed by atoms with Crippen LogP contribution >= 0.6 is 15.9 Å². The summed E-state index contributed by atoms with van der Waals surface area (Å²) in [6, 6.07) is 21.0. The van der Waals surface area contributed by atoms with E-state index in [1.165, 1.54) is 0 Å². The monoisotopic (exact) mass is 477 g/mol. The zero-order valence-corrected chi connectivity index (χ0v) is 18.7. The van der Waals surface area contributed by atoms with Gasteiger partial charge in [0.05, 0.1) is 7.11 Å². The van der Waals surface area contributed by atoms with E-state index in [4.69, 9.17) is 14.2 Å². The molecule has 6 heteroatoms. The fraction of sp³-hybridized carbons (Fsp3) is 0.120. The normalized spacial score (nSPS) is 14.4. The van der Waals surface area contributed by atoms with Crippen molar-refractivity contribution in [3.05, 3.63) is 99.2 Å². The van der Waals surface area contributed by atoms with Crippen LogP contribution in [-0.2, 0) is 16.1 Å². The van der Waals surface area contributed by atoms with Crippen LogP contribution in [0.2, 0.25) is 0 Å². The Morgan fingerprint density at radius 2 is 1.84 bits per heavy atom. The van der Waals surface area contributed by atoms with Crippen molar-refractivity contribution >= 4 is 33.9 Å². The molecule has 0 saturated carbocycles. The average Bonchev–Trinajstić information content (AvgIpc) is 3.13. The number of esters is 1. The highest BCUT2D eigenvalue weighted by Gasteiger charge is 2.25. The number of rotatable bonds is 6. The molecule has 3 aromatic carbocycles. The first-order chi connectivity index (χ1) is 15.0. The third kappa shape index (κ3) is 4.86. The first-order valence-electron chi connectivity index (χ1n) is 9.67. The van der Waals surface area contributed by atoms with Gasteiger partial charge in [-0.05, 0) is 48.9 Å². The number of aryl methyl sites for hydroxylation is 1. The number of carbonyl (C=O) groups is 1. The van der Waals surface area contributed by atoms with Crippen molar-refractivity contribution < 1.29 is 19.0 Å². The van der Waals surface area contributed by atoms with Crippen LogP contribution in [0.5, 0.6) is 11.5 Å². The molecule has 31 heavy (non-hydrogen) atoms. The molecule has 0 aromatic heterocycles. The minimum atomic E-state index is -0.509. The van der Waals surface area contributed by atoms with Crippen molar-refractivity contribution in [2.24, 2.45) is 4.99 Å². The summed E-state index contributed by atoms with van der Waals surface area (Å²) in [6.45, 7) is 2.41. The minimum Gasteiger partial charge on any atom is -0.493 e. The third-order valence-corrected chi connectivity index (χ3v) is 5.23. The highest BCUT2D eigenvalue weighted by Crippen LogP contribution is 2.34. The number of ether oxygens (including phenoxy) is 3. The summed E-state index contributed by atoms with van der Waals surface area (Å²) < 4.78 is 17.9. The highest BCUT2D eigenvalue weighted by atomic mass is 79.9. The summed E-state index contributed by atoms with van der Waals surface area (Å²) in [5.41, 5.74) is 3.81. The molecule has 1 heterocycles. The zero-order valence-electron chi connectivity index (χ0n) is 17.1. The van der Waals surface area contributed by atoms with Crippen LogP contribution < -0.4 is 9.47 Å². The van der Waals surface area contributed by atoms with Crippen LogP contribution in [0.15, 0.2) is 81.9 Å². The number of nitrogens with zero attached hydrogens (tertiary/aromatic N) is 1. The average molecular weight is 478 g/mol. The molecule has 5 nitrogen and oxygen atoms in total. The highest BCUT2D eigenvalue weighted by molar-refractivity contribution is 9.10. The largest absolute Gasteiger partial charge is 0.493 e. The van der Waals surface area contributed by atoms with Gasteiger partial charge in [-0.3, -0.25) is 0 Å². The summed E-state index contributed by atoms with van der Waals surface area (Å²) in [6.07, 6.45) is 1.66. The SMILES string of the molecule is COc1cccc(/C=C2\N=C(c3ccc(Br)cc3)OC2=O)c1OCc1cccc(C)c1. The summed E-state index contributed by atoms with van der Waals surface area (Å²) >= 11 is 3.39. The Balaban J connectivity index is 1.65. The fourth-order valence-electron chi connectivity index (χ4n) is 3.19. The molecule has 0 unspecified atom stereocenters. The molecule has 0 fully saturated rings. The lowest BCUT2D eigenvalue weighted by Crippen LogP contribution is -2.05. The molecule has 0 N–H and O–H groups in total. The second kappa shape index (κ2) is 9.18. The number of benzene rings is 3. The van der Waals surface area contributed by atoms with Crippen molar-refractivity contribution in [1.29, 1.82) is 0 Å². The van der Waals surface area contributed by atoms with E-state index in [-0.39, 0.29) is 11.6 Å². The van der Waals surface area contributed by atoms with Gasteiger partial charge in [0.2, 0.25) is 5.90 Å². The Hall–Kier alpha value is -3.38. The van der Waals surface area contributed by atoms with Gasteiger partial charge in [-0.1, -0.05) is 57.9 Å². The lowest BCUT2D eigenvalue weighted by Gasteiger charge is -2.14. The van der Waals surface area contributed by atoms with Gasteiger partial charge in [-0.25, -0.2) is 9.79 Å². The molecule has 4 rings (SSSR count). The standard InChI is InChI=1S/C25H20BrNO4/c1-16-5-3-6-17(13-16)15-30-23-19(7-4-8-22(23)29-2)14-21-25(28)31-24(27-21)18-9-11-20(26)12-10-18/h3-14H,15H2,1-2H3/b21-14-. The number of aliphatic imine (C=N–C) groups is 1. The van der Waals surface area contributed by atoms with E-state index in [0.29, 0.717) is 23.7 Å². The number of carbonyl (C=O) groups excluding carboxylic acids is 1. The smallest absolute Gasteiger partial charge is 0.363 e. The quantitative estimate of drug-likeness (QED) is 0.338. The van der Waals surface area contributed by atoms with Crippen molar-refractivity contribution in [2.45, 2.75) is 13.5 Å². The van der Waals surface area contributed by atoms with Crippen LogP contribution in [-0.4, -0.2) is 19.0 Å². The predicted octanol–water partition coefficient (Wildman–Crippen LogP) is 5.69. The molecule has 0 saturated heterocycles. The molecule has 0 radical (unpaired) electrons. The Morgan fingerprint density at radius 3 is 2.58 bits per heavy atom. The van der Waals surface area contributed by atoms with E-state index >= 15 is 0 Å². The maximum absolute atomic E-state index is 12.4. The summed E-state index contributed by atoms with van der Waals surface area (Å²) in [5.74, 6) is 0.879. The molecular weight excluding hydrogens is 458 g/mol. The summed E-state index contributed by atoms with van der Waals surface area (Å²) in [5, 5.41) is 0. The minimum absolute atomic E-state index is 0.201. The number of hydrogen-bond acceptors (Lipinski definition) is 5. The molecule has 0 aliphatic carbocycles. The fourth-order valence-corrected chi connectivity index (χ4v) is 3.46. The van der Waals surface area contributed by atoms with Crippen LogP contribution in [0, 0.1) is 6.92 Å². The first kappa shape index (κ1) is 20.9. The maximum atomic E-state index is 12.4. The number of para-hydroxylation sites is 1. The van der Waals surface area contributed by atoms with E-state index in [1.807, 2.05) is 67.6 Å². The van der Waals surface area contributed by atoms with Gasteiger partial charge in [0.1, 0.15) is 6.61 Å². The van der Waals surface area contributed by atoms with Gasteiger partial charge in [0.15, 0.2) is 17.2 Å². The number of cyclic esters (lactones) is 1.